The first-order chi connectivity index (χ1) is 17.0. The lowest BCUT2D eigenvalue weighted by atomic mass is 10.1. The third-order valence-corrected chi connectivity index (χ3v) is 6.87. The van der Waals surface area contributed by atoms with E-state index >= 15 is 0 Å². The number of imidazole rings is 1. The maximum Gasteiger partial charge on any atom is 0.261 e. The number of rotatable bonds is 7. The van der Waals surface area contributed by atoms with Crippen LogP contribution in [0.5, 0.6) is 0 Å². The normalized spacial score (nSPS) is 15.4. The average Bonchev–Trinajstić information content (AvgIpc) is 3.27. The number of aromatic amines is 2. The van der Waals surface area contributed by atoms with E-state index in [1.807, 2.05) is 6.07 Å². The van der Waals surface area contributed by atoms with Crippen LogP contribution >= 0.6 is 27.5 Å². The Bertz CT molecular complexity index is 1400. The van der Waals surface area contributed by atoms with Gasteiger partial charge in [-0.2, -0.15) is 0 Å². The number of aliphatic hydroxyl groups excluding tert-OH is 1. The zero-order valence-corrected chi connectivity index (χ0v) is 21.2. The van der Waals surface area contributed by atoms with Gasteiger partial charge in [-0.1, -0.05) is 23.7 Å². The van der Waals surface area contributed by atoms with Crippen molar-refractivity contribution < 1.29 is 9.84 Å². The lowest BCUT2D eigenvalue weighted by molar-refractivity contribution is 0.0342. The number of fused-ring (bicyclic) bond motifs is 1. The molecule has 0 unspecified atom stereocenters. The van der Waals surface area contributed by atoms with Gasteiger partial charge in [-0.15, -0.1) is 0 Å². The largest absolute Gasteiger partial charge is 0.387 e. The highest BCUT2D eigenvalue weighted by atomic mass is 79.9. The van der Waals surface area contributed by atoms with E-state index < -0.39 is 6.10 Å². The predicted octanol–water partition coefficient (Wildman–Crippen LogP) is 4.31. The molecule has 3 heterocycles. The van der Waals surface area contributed by atoms with Crippen molar-refractivity contribution in [3.63, 3.8) is 0 Å². The molecule has 0 spiro atoms. The molecular formula is C25H25BrClN5O3. The molecule has 4 aromatic rings. The highest BCUT2D eigenvalue weighted by Gasteiger charge is 2.18. The molecular weight excluding hydrogens is 534 g/mol. The molecule has 1 fully saturated rings. The van der Waals surface area contributed by atoms with Gasteiger partial charge in [0, 0.05) is 41.9 Å². The summed E-state index contributed by atoms with van der Waals surface area (Å²) in [4.78, 5) is 25.9. The number of H-pyrrole nitrogens is 2. The first-order valence-corrected chi connectivity index (χ1v) is 12.5. The average molecular weight is 559 g/mol. The Hall–Kier alpha value is -2.69. The number of pyridine rings is 1. The summed E-state index contributed by atoms with van der Waals surface area (Å²) in [6.07, 6.45) is 0.771. The maximum atomic E-state index is 12.8. The topological polar surface area (TPSA) is 106 Å². The lowest BCUT2D eigenvalue weighted by Gasteiger charge is -2.26. The third-order valence-electron chi connectivity index (χ3n) is 6.03. The van der Waals surface area contributed by atoms with Crippen molar-refractivity contribution in [2.75, 3.05) is 38.2 Å². The molecule has 8 nitrogen and oxygen atoms in total. The highest BCUT2D eigenvalue weighted by molar-refractivity contribution is 9.10. The summed E-state index contributed by atoms with van der Waals surface area (Å²) in [5.74, 6) is 0.450. The Morgan fingerprint density at radius 3 is 2.86 bits per heavy atom. The van der Waals surface area contributed by atoms with Crippen molar-refractivity contribution in [3.8, 4) is 11.4 Å². The number of ether oxygens (including phenoxy) is 1. The van der Waals surface area contributed by atoms with Gasteiger partial charge in [0.05, 0.1) is 30.5 Å². The van der Waals surface area contributed by atoms with Crippen LogP contribution in [0, 0.1) is 0 Å². The molecule has 1 saturated heterocycles. The molecule has 0 aliphatic carbocycles. The minimum absolute atomic E-state index is 0.199. The monoisotopic (exact) mass is 557 g/mol. The Labute approximate surface area is 215 Å². The van der Waals surface area contributed by atoms with Crippen LogP contribution in [0.25, 0.3) is 22.4 Å². The molecule has 10 heteroatoms. The van der Waals surface area contributed by atoms with Gasteiger partial charge in [0.2, 0.25) is 0 Å². The molecule has 182 valence electrons. The van der Waals surface area contributed by atoms with Gasteiger partial charge in [0.25, 0.3) is 5.56 Å². The van der Waals surface area contributed by atoms with E-state index in [1.54, 1.807) is 30.5 Å². The highest BCUT2D eigenvalue weighted by Crippen LogP contribution is 2.30. The molecule has 2 aromatic heterocycles. The fraction of sp³-hybridized carbons (Fsp3) is 0.280. The Kier molecular flexibility index (Phi) is 7.22. The van der Waals surface area contributed by atoms with Crippen LogP contribution in [0.4, 0.5) is 5.69 Å². The van der Waals surface area contributed by atoms with E-state index in [9.17, 15) is 9.90 Å². The minimum Gasteiger partial charge on any atom is -0.387 e. The number of nitrogens with zero attached hydrogens (tertiary/aromatic N) is 2. The van der Waals surface area contributed by atoms with Crippen molar-refractivity contribution in [1.29, 1.82) is 0 Å². The van der Waals surface area contributed by atoms with Gasteiger partial charge in [-0.05, 0) is 57.4 Å². The fourth-order valence-corrected chi connectivity index (χ4v) is 5.05. The molecule has 1 aliphatic rings. The van der Waals surface area contributed by atoms with Crippen LogP contribution in [0.1, 0.15) is 17.2 Å². The van der Waals surface area contributed by atoms with Crippen LogP contribution in [0.15, 0.2) is 57.9 Å². The van der Waals surface area contributed by atoms with E-state index in [0.717, 1.165) is 53.9 Å². The summed E-state index contributed by atoms with van der Waals surface area (Å²) in [5.41, 5.74) is 4.09. The molecule has 0 bridgehead atoms. The summed E-state index contributed by atoms with van der Waals surface area (Å²) < 4.78 is 6.30. The summed E-state index contributed by atoms with van der Waals surface area (Å²) in [7, 11) is 0. The lowest BCUT2D eigenvalue weighted by Crippen LogP contribution is -2.35. The number of benzene rings is 2. The van der Waals surface area contributed by atoms with E-state index in [0.29, 0.717) is 27.7 Å². The number of halogens is 2. The molecule has 0 amide bonds. The van der Waals surface area contributed by atoms with E-state index in [1.165, 1.54) is 0 Å². The van der Waals surface area contributed by atoms with Gasteiger partial charge >= 0.3 is 0 Å². The molecule has 0 radical (unpaired) electrons. The van der Waals surface area contributed by atoms with Crippen LogP contribution in [0.3, 0.4) is 0 Å². The fourth-order valence-electron chi connectivity index (χ4n) is 4.26. The molecule has 5 rings (SSSR count). The molecule has 1 atom stereocenters. The number of aromatic nitrogens is 3. The summed E-state index contributed by atoms with van der Waals surface area (Å²) >= 11 is 9.69. The second-order valence-corrected chi connectivity index (χ2v) is 9.79. The van der Waals surface area contributed by atoms with Crippen LogP contribution in [0.2, 0.25) is 5.02 Å². The zero-order valence-electron chi connectivity index (χ0n) is 18.9. The quantitative estimate of drug-likeness (QED) is 0.269. The second-order valence-electron chi connectivity index (χ2n) is 8.49. The summed E-state index contributed by atoms with van der Waals surface area (Å²) in [6, 6.07) is 13.0. The molecule has 0 saturated carbocycles. The van der Waals surface area contributed by atoms with Gasteiger partial charge < -0.3 is 25.1 Å². The van der Waals surface area contributed by atoms with Crippen LogP contribution < -0.4 is 10.9 Å². The van der Waals surface area contributed by atoms with Crippen molar-refractivity contribution >= 4 is 44.3 Å². The molecule has 4 N–H and O–H groups in total. The van der Waals surface area contributed by atoms with Gasteiger partial charge in [-0.25, -0.2) is 4.98 Å². The first kappa shape index (κ1) is 24.0. The van der Waals surface area contributed by atoms with Gasteiger partial charge in [0.15, 0.2) is 0 Å². The van der Waals surface area contributed by atoms with Crippen molar-refractivity contribution in [3.05, 3.63) is 79.6 Å². The zero-order chi connectivity index (χ0) is 24.4. The van der Waals surface area contributed by atoms with E-state index in [4.69, 9.17) is 21.3 Å². The number of morpholine rings is 1. The van der Waals surface area contributed by atoms with Crippen molar-refractivity contribution in [2.45, 2.75) is 12.6 Å². The third kappa shape index (κ3) is 5.44. The second kappa shape index (κ2) is 10.5. The number of nitrogens with one attached hydrogen (secondary N) is 3. The number of hydrogen-bond acceptors (Lipinski definition) is 6. The summed E-state index contributed by atoms with van der Waals surface area (Å²) in [5, 5.41) is 14.4. The minimum atomic E-state index is -0.798. The molecule has 1 aliphatic heterocycles. The SMILES string of the molecule is O=c1[nH]ccc(NC[C@@H](O)c2cccc(Cl)c2)c1-c1nc2c(Br)cc(CN3CCOCC3)cc2[nH]1. The Morgan fingerprint density at radius 2 is 2.06 bits per heavy atom. The maximum absolute atomic E-state index is 12.8. The number of aliphatic hydroxyl groups is 1. The smallest absolute Gasteiger partial charge is 0.261 e. The summed E-state index contributed by atoms with van der Waals surface area (Å²) in [6.45, 7) is 4.31. The van der Waals surface area contributed by atoms with Gasteiger partial charge in [-0.3, -0.25) is 9.69 Å². The molecule has 35 heavy (non-hydrogen) atoms. The van der Waals surface area contributed by atoms with Crippen LogP contribution in [-0.4, -0.2) is 57.8 Å². The first-order valence-electron chi connectivity index (χ1n) is 11.4. The van der Waals surface area contributed by atoms with Crippen molar-refractivity contribution in [2.24, 2.45) is 0 Å². The number of hydrogen-bond donors (Lipinski definition) is 4. The van der Waals surface area contributed by atoms with E-state index in [2.05, 4.69) is 48.2 Å². The number of anilines is 1. The van der Waals surface area contributed by atoms with E-state index in [-0.39, 0.29) is 12.1 Å². The molecule has 2 aromatic carbocycles. The Balaban J connectivity index is 1.42. The standard InChI is InChI=1S/C25H25BrClN5O3/c26-18-10-15(14-32-6-8-35-9-7-32)11-20-23(18)31-24(30-20)22-19(4-5-28-25(22)34)29-13-21(33)16-2-1-3-17(27)12-16/h1-5,10-12,21,33H,6-9,13-14H2,(H,30,31)(H2,28,29,34)/t21-/m1/s1. The van der Waals surface area contributed by atoms with Crippen LogP contribution in [-0.2, 0) is 11.3 Å². The van der Waals surface area contributed by atoms with Gasteiger partial charge in [0.1, 0.15) is 16.9 Å². The predicted molar refractivity (Wildman–Crippen MR) is 141 cm³/mol. The Morgan fingerprint density at radius 1 is 1.23 bits per heavy atom. The van der Waals surface area contributed by atoms with Crippen molar-refractivity contribution in [1.82, 2.24) is 19.9 Å².